The first-order valence-corrected chi connectivity index (χ1v) is 19.5. The summed E-state index contributed by atoms with van der Waals surface area (Å²) in [6.45, 7) is 0. The van der Waals surface area contributed by atoms with Gasteiger partial charge in [-0.2, -0.15) is 0 Å². The number of nitrogens with zero attached hydrogens (tertiary/aromatic N) is 1. The lowest BCUT2D eigenvalue weighted by atomic mass is 9.99. The summed E-state index contributed by atoms with van der Waals surface area (Å²) in [7, 11) is 0. The predicted molar refractivity (Wildman–Crippen MR) is 235 cm³/mol. The zero-order valence-electron chi connectivity index (χ0n) is 29.8. The van der Waals surface area contributed by atoms with Crippen LogP contribution < -0.4 is 4.90 Å². The summed E-state index contributed by atoms with van der Waals surface area (Å²) in [5, 5.41) is 7.22. The van der Waals surface area contributed by atoms with Gasteiger partial charge in [0.2, 0.25) is 0 Å². The second kappa shape index (κ2) is 12.9. The number of hydrogen-bond acceptors (Lipinski definition) is 3. The van der Waals surface area contributed by atoms with Crippen molar-refractivity contribution in [3.63, 3.8) is 0 Å². The molecule has 0 aliphatic heterocycles. The molecule has 0 fully saturated rings. The van der Waals surface area contributed by atoms with Crippen LogP contribution in [-0.2, 0) is 0 Å². The molecule has 11 rings (SSSR count). The Hall–Kier alpha value is -6.94. The van der Waals surface area contributed by atoms with Crippen molar-refractivity contribution in [1.82, 2.24) is 0 Å². The highest BCUT2D eigenvalue weighted by Gasteiger charge is 2.19. The van der Waals surface area contributed by atoms with Gasteiger partial charge in [-0.05, 0) is 93.4 Å². The van der Waals surface area contributed by atoms with Crippen LogP contribution in [0.5, 0.6) is 0 Å². The molecule has 11 aromatic rings. The van der Waals surface area contributed by atoms with Crippen molar-refractivity contribution in [2.75, 3.05) is 4.90 Å². The molecule has 0 bridgehead atoms. The van der Waals surface area contributed by atoms with E-state index in [4.69, 9.17) is 4.42 Å². The molecule has 2 aromatic heterocycles. The van der Waals surface area contributed by atoms with E-state index in [0.29, 0.717) is 0 Å². The van der Waals surface area contributed by atoms with Gasteiger partial charge in [0.15, 0.2) is 0 Å². The van der Waals surface area contributed by atoms with Crippen LogP contribution in [0.3, 0.4) is 0 Å². The molecule has 0 radical (unpaired) electrons. The Morgan fingerprint density at radius 1 is 0.364 bits per heavy atom. The van der Waals surface area contributed by atoms with E-state index in [0.717, 1.165) is 39.0 Å². The summed E-state index contributed by atoms with van der Waals surface area (Å²) in [4.78, 5) is 2.38. The van der Waals surface area contributed by atoms with Crippen molar-refractivity contribution < 1.29 is 4.42 Å². The maximum atomic E-state index is 6.48. The number of hydrogen-bond donors (Lipinski definition) is 0. The molecule has 0 saturated heterocycles. The average Bonchev–Trinajstić information content (AvgIpc) is 3.82. The van der Waals surface area contributed by atoms with Crippen molar-refractivity contribution in [1.29, 1.82) is 0 Å². The van der Waals surface area contributed by atoms with Crippen LogP contribution in [0.1, 0.15) is 0 Å². The van der Waals surface area contributed by atoms with Crippen LogP contribution in [0.25, 0.3) is 86.3 Å². The third-order valence-corrected chi connectivity index (χ3v) is 12.1. The fourth-order valence-electron chi connectivity index (χ4n) is 8.17. The molecular weight excluding hydrogens is 687 g/mol. The highest BCUT2D eigenvalue weighted by molar-refractivity contribution is 7.26. The third-order valence-electron chi connectivity index (χ3n) is 10.9. The van der Waals surface area contributed by atoms with Crippen molar-refractivity contribution in [3.8, 4) is 33.4 Å². The van der Waals surface area contributed by atoms with Crippen molar-refractivity contribution in [3.05, 3.63) is 200 Å². The summed E-state index contributed by atoms with van der Waals surface area (Å²) in [5.41, 5.74) is 12.3. The minimum absolute atomic E-state index is 0.878. The molecule has 0 spiro atoms. The Kier molecular flexibility index (Phi) is 7.39. The van der Waals surface area contributed by atoms with Gasteiger partial charge in [0.05, 0.1) is 5.69 Å². The Bertz CT molecular complexity index is 3190. The second-order valence-corrected chi connectivity index (χ2v) is 15.2. The average molecular weight is 720 g/mol. The summed E-state index contributed by atoms with van der Waals surface area (Å²) in [6.07, 6.45) is 0. The Balaban J connectivity index is 1.03. The first-order chi connectivity index (χ1) is 27.2. The van der Waals surface area contributed by atoms with Gasteiger partial charge in [-0.1, -0.05) is 146 Å². The molecule has 2 heterocycles. The minimum Gasteiger partial charge on any atom is -0.456 e. The first-order valence-electron chi connectivity index (χ1n) is 18.7. The van der Waals surface area contributed by atoms with Gasteiger partial charge in [0.1, 0.15) is 11.2 Å². The normalized spacial score (nSPS) is 11.6. The van der Waals surface area contributed by atoms with Crippen LogP contribution >= 0.6 is 11.3 Å². The zero-order valence-corrected chi connectivity index (χ0v) is 30.6. The lowest BCUT2D eigenvalue weighted by Crippen LogP contribution is -2.10. The van der Waals surface area contributed by atoms with Gasteiger partial charge in [-0.15, -0.1) is 11.3 Å². The Morgan fingerprint density at radius 3 is 1.73 bits per heavy atom. The standard InChI is InChI=1S/C52H33NOS/c1-2-10-34(11-3-1)35-20-22-36(23-21-35)37-24-27-40(28-25-37)53(48-18-8-13-38-12-4-5-14-42(38)48)41-29-31-50-47(33-41)46-32-39(26-30-49(46)54-50)43-16-9-17-45-44-15-6-7-19-51(44)55-52(43)45/h1-33H. The van der Waals surface area contributed by atoms with E-state index in [-0.39, 0.29) is 0 Å². The van der Waals surface area contributed by atoms with Crippen LogP contribution in [0.2, 0.25) is 0 Å². The lowest BCUT2D eigenvalue weighted by molar-refractivity contribution is 0.669. The smallest absolute Gasteiger partial charge is 0.135 e. The second-order valence-electron chi connectivity index (χ2n) is 14.1. The van der Waals surface area contributed by atoms with Gasteiger partial charge >= 0.3 is 0 Å². The predicted octanol–water partition coefficient (Wildman–Crippen LogP) is 15.6. The monoisotopic (exact) mass is 719 g/mol. The molecular formula is C52H33NOS. The van der Waals surface area contributed by atoms with Crippen molar-refractivity contribution >= 4 is 81.3 Å². The highest BCUT2D eigenvalue weighted by Crippen LogP contribution is 2.44. The maximum Gasteiger partial charge on any atom is 0.135 e. The molecule has 0 saturated carbocycles. The number of anilines is 3. The van der Waals surface area contributed by atoms with E-state index in [1.807, 2.05) is 11.3 Å². The fraction of sp³-hybridized carbons (Fsp3) is 0. The first kappa shape index (κ1) is 31.6. The van der Waals surface area contributed by atoms with E-state index >= 15 is 0 Å². The van der Waals surface area contributed by atoms with Gasteiger partial charge in [-0.3, -0.25) is 0 Å². The number of benzene rings is 9. The van der Waals surface area contributed by atoms with Crippen molar-refractivity contribution in [2.24, 2.45) is 0 Å². The van der Waals surface area contributed by atoms with E-state index in [2.05, 4.69) is 205 Å². The molecule has 55 heavy (non-hydrogen) atoms. The maximum absolute atomic E-state index is 6.48. The molecule has 0 atom stereocenters. The Labute approximate surface area is 322 Å². The van der Waals surface area contributed by atoms with Crippen LogP contribution in [0, 0.1) is 0 Å². The number of rotatable bonds is 6. The summed E-state index contributed by atoms with van der Waals surface area (Å²) < 4.78 is 9.11. The van der Waals surface area contributed by atoms with Gasteiger partial charge in [-0.25, -0.2) is 0 Å². The highest BCUT2D eigenvalue weighted by atomic mass is 32.1. The molecule has 9 aromatic carbocycles. The van der Waals surface area contributed by atoms with Crippen LogP contribution in [0.15, 0.2) is 205 Å². The largest absolute Gasteiger partial charge is 0.456 e. The van der Waals surface area contributed by atoms with Crippen LogP contribution in [-0.4, -0.2) is 0 Å². The Morgan fingerprint density at radius 2 is 0.927 bits per heavy atom. The number of furan rings is 1. The molecule has 2 nitrogen and oxygen atoms in total. The van der Waals surface area contributed by atoms with Gasteiger partial charge in [0, 0.05) is 47.7 Å². The topological polar surface area (TPSA) is 16.4 Å². The van der Waals surface area contributed by atoms with E-state index in [1.54, 1.807) is 0 Å². The summed E-state index contributed by atoms with van der Waals surface area (Å²) >= 11 is 1.87. The minimum atomic E-state index is 0.878. The third kappa shape index (κ3) is 5.40. The van der Waals surface area contributed by atoms with Gasteiger partial charge in [0.25, 0.3) is 0 Å². The zero-order chi connectivity index (χ0) is 36.3. The molecule has 258 valence electrons. The molecule has 0 amide bonds. The summed E-state index contributed by atoms with van der Waals surface area (Å²) in [6, 6.07) is 72.1. The van der Waals surface area contributed by atoms with Crippen molar-refractivity contribution in [2.45, 2.75) is 0 Å². The number of fused-ring (bicyclic) bond motifs is 7. The lowest BCUT2D eigenvalue weighted by Gasteiger charge is -2.27. The molecule has 0 unspecified atom stereocenters. The van der Waals surface area contributed by atoms with E-state index < -0.39 is 0 Å². The summed E-state index contributed by atoms with van der Waals surface area (Å²) in [5.74, 6) is 0. The molecule has 0 N–H and O–H groups in total. The molecule has 0 aliphatic carbocycles. The van der Waals surface area contributed by atoms with E-state index in [1.165, 1.54) is 64.3 Å². The molecule has 0 aliphatic rings. The van der Waals surface area contributed by atoms with E-state index in [9.17, 15) is 0 Å². The quantitative estimate of drug-likeness (QED) is 0.170. The van der Waals surface area contributed by atoms with Gasteiger partial charge < -0.3 is 9.32 Å². The number of thiophene rings is 1. The van der Waals surface area contributed by atoms with Crippen LogP contribution in [0.4, 0.5) is 17.1 Å². The fourth-order valence-corrected chi connectivity index (χ4v) is 9.40. The molecule has 3 heteroatoms. The SMILES string of the molecule is c1ccc(-c2ccc(-c3ccc(N(c4ccc5oc6ccc(-c7cccc8c7sc7ccccc78)cc6c5c4)c4cccc5ccccc45)cc3)cc2)cc1.